The van der Waals surface area contributed by atoms with E-state index in [1.807, 2.05) is 13.8 Å². The molecule has 160 valence electrons. The summed E-state index contributed by atoms with van der Waals surface area (Å²) in [5.74, 6) is 0.724. The van der Waals surface area contributed by atoms with E-state index in [1.54, 1.807) is 24.3 Å². The number of fused-ring (bicyclic) bond motifs is 2. The molecule has 0 aliphatic heterocycles. The third-order valence-corrected chi connectivity index (χ3v) is 8.16. The molecule has 2 N–H and O–H groups in total. The van der Waals surface area contributed by atoms with Crippen LogP contribution in [0.15, 0.2) is 24.3 Å². The van der Waals surface area contributed by atoms with Gasteiger partial charge >= 0.3 is 0 Å². The highest BCUT2D eigenvalue weighted by Crippen LogP contribution is 2.64. The van der Waals surface area contributed by atoms with Crippen LogP contribution in [0.4, 0.5) is 5.69 Å². The molecule has 8 heteroatoms. The number of benzene rings is 1. The summed E-state index contributed by atoms with van der Waals surface area (Å²) in [4.78, 5) is 23.7. The number of sulfonamides is 1. The van der Waals surface area contributed by atoms with Crippen molar-refractivity contribution in [1.29, 1.82) is 0 Å². The second-order valence-electron chi connectivity index (χ2n) is 8.73. The van der Waals surface area contributed by atoms with Gasteiger partial charge in [0.05, 0.1) is 12.4 Å². The summed E-state index contributed by atoms with van der Waals surface area (Å²) < 4.78 is 33.5. The summed E-state index contributed by atoms with van der Waals surface area (Å²) in [7, 11) is -3.55. The van der Waals surface area contributed by atoms with Crippen LogP contribution in [0.5, 0.6) is 5.75 Å². The first-order chi connectivity index (χ1) is 13.6. The van der Waals surface area contributed by atoms with Gasteiger partial charge in [0.15, 0.2) is 0 Å². The van der Waals surface area contributed by atoms with Crippen LogP contribution < -0.4 is 14.8 Å². The number of carbonyl (C=O) groups is 2. The second-order valence-corrected chi connectivity index (χ2v) is 10.5. The number of hydrogen-bond donors (Lipinski definition) is 2. The molecule has 2 aliphatic rings. The third-order valence-electron chi connectivity index (χ3n) is 6.64. The van der Waals surface area contributed by atoms with Crippen LogP contribution >= 0.6 is 0 Å². The zero-order valence-corrected chi connectivity index (χ0v) is 18.1. The lowest BCUT2D eigenvalue weighted by Gasteiger charge is -2.36. The Balaban J connectivity index is 1.47. The Morgan fingerprint density at radius 3 is 2.69 bits per heavy atom. The molecule has 0 aromatic heterocycles. The van der Waals surface area contributed by atoms with Gasteiger partial charge in [-0.1, -0.05) is 19.9 Å². The number of ketones is 1. The average Bonchev–Trinajstić information content (AvgIpc) is 2.95. The van der Waals surface area contributed by atoms with Crippen LogP contribution in [0.3, 0.4) is 0 Å². The van der Waals surface area contributed by atoms with E-state index in [-0.39, 0.29) is 29.4 Å². The lowest BCUT2D eigenvalue weighted by Crippen LogP contribution is -2.45. The van der Waals surface area contributed by atoms with Gasteiger partial charge in [0.25, 0.3) is 0 Å². The number of rotatable bonds is 9. The first kappa shape index (κ1) is 21.8. The number of nitrogens with one attached hydrogen (secondary N) is 2. The Hall–Kier alpha value is -1.93. The van der Waals surface area contributed by atoms with Crippen LogP contribution in [0.25, 0.3) is 0 Å². The van der Waals surface area contributed by atoms with Gasteiger partial charge in [-0.05, 0) is 42.7 Å². The van der Waals surface area contributed by atoms with Crippen LogP contribution in [0, 0.1) is 16.7 Å². The van der Waals surface area contributed by atoms with E-state index in [1.165, 1.54) is 6.92 Å². The summed E-state index contributed by atoms with van der Waals surface area (Å²) >= 11 is 0. The number of carbonyl (C=O) groups excluding carboxylic acids is 2. The first-order valence-corrected chi connectivity index (χ1v) is 11.7. The molecule has 1 aromatic carbocycles. The predicted octanol–water partition coefficient (Wildman–Crippen LogP) is 2.73. The minimum atomic E-state index is -3.55. The molecule has 2 atom stereocenters. The van der Waals surface area contributed by atoms with Crippen molar-refractivity contribution in [2.75, 3.05) is 24.2 Å². The fourth-order valence-electron chi connectivity index (χ4n) is 4.84. The van der Waals surface area contributed by atoms with Crippen molar-refractivity contribution >= 4 is 27.4 Å². The summed E-state index contributed by atoms with van der Waals surface area (Å²) in [6.45, 7) is 6.10. The molecule has 1 aromatic rings. The van der Waals surface area contributed by atoms with Crippen molar-refractivity contribution in [2.24, 2.45) is 16.7 Å². The minimum Gasteiger partial charge on any atom is -0.493 e. The largest absolute Gasteiger partial charge is 0.493 e. The van der Waals surface area contributed by atoms with Crippen LogP contribution in [0.1, 0.15) is 46.5 Å². The molecule has 0 saturated heterocycles. The minimum absolute atomic E-state index is 0.103. The van der Waals surface area contributed by atoms with E-state index in [9.17, 15) is 18.0 Å². The highest BCUT2D eigenvalue weighted by Gasteiger charge is 2.65. The summed E-state index contributed by atoms with van der Waals surface area (Å²) in [5, 5.41) is 2.69. The van der Waals surface area contributed by atoms with Gasteiger partial charge in [-0.25, -0.2) is 13.1 Å². The molecule has 2 fully saturated rings. The zero-order chi connectivity index (χ0) is 21.3. The van der Waals surface area contributed by atoms with E-state index in [0.717, 1.165) is 6.42 Å². The normalized spacial score (nSPS) is 25.2. The van der Waals surface area contributed by atoms with Crippen LogP contribution in [0.2, 0.25) is 0 Å². The standard InChI is InChI=1S/C21H30N2O5S/c1-15(24)23-17-6-4-7-18(13-17)28-11-5-10-22-29(26,27)14-21-9-8-16(12-19(21)25)20(21,2)3/h4,6-7,13,16,22H,5,8-12,14H2,1-3H3,(H,23,24)/t16-,21?/m0/s1. The van der Waals surface area contributed by atoms with Crippen LogP contribution in [-0.2, 0) is 19.6 Å². The fraction of sp³-hybridized carbons (Fsp3) is 0.619. The molecule has 1 amide bonds. The lowest BCUT2D eigenvalue weighted by molar-refractivity contribution is -0.128. The quantitative estimate of drug-likeness (QED) is 0.596. The molecule has 0 heterocycles. The Morgan fingerprint density at radius 1 is 1.31 bits per heavy atom. The van der Waals surface area contributed by atoms with Crippen molar-refractivity contribution in [3.8, 4) is 5.75 Å². The number of anilines is 1. The zero-order valence-electron chi connectivity index (χ0n) is 17.3. The maximum absolute atomic E-state index is 12.6. The van der Waals surface area contributed by atoms with E-state index < -0.39 is 15.4 Å². The summed E-state index contributed by atoms with van der Waals surface area (Å²) in [5.41, 5.74) is -0.362. The Labute approximate surface area is 172 Å². The molecule has 7 nitrogen and oxygen atoms in total. The van der Waals surface area contributed by atoms with E-state index in [0.29, 0.717) is 43.2 Å². The molecule has 2 aliphatic carbocycles. The Bertz CT molecular complexity index is 896. The van der Waals surface area contributed by atoms with Gasteiger partial charge in [0, 0.05) is 37.1 Å². The number of ether oxygens (including phenoxy) is 1. The monoisotopic (exact) mass is 422 g/mol. The van der Waals surface area contributed by atoms with Gasteiger partial charge in [0.1, 0.15) is 11.5 Å². The molecule has 0 spiro atoms. The van der Waals surface area contributed by atoms with Crippen molar-refractivity contribution in [2.45, 2.75) is 46.5 Å². The fourth-order valence-corrected chi connectivity index (χ4v) is 6.72. The molecule has 2 saturated carbocycles. The molecule has 29 heavy (non-hydrogen) atoms. The predicted molar refractivity (Wildman–Crippen MR) is 111 cm³/mol. The smallest absolute Gasteiger partial charge is 0.221 e. The Kier molecular flexibility index (Phi) is 6.06. The van der Waals surface area contributed by atoms with Gasteiger partial charge in [0.2, 0.25) is 15.9 Å². The van der Waals surface area contributed by atoms with E-state index in [2.05, 4.69) is 10.0 Å². The molecule has 1 unspecified atom stereocenters. The lowest BCUT2D eigenvalue weighted by atomic mass is 9.70. The Morgan fingerprint density at radius 2 is 2.07 bits per heavy atom. The topological polar surface area (TPSA) is 102 Å². The number of Topliss-reactive ketones (excluding diaryl/α,β-unsaturated/α-hetero) is 1. The van der Waals surface area contributed by atoms with Crippen molar-refractivity contribution in [3.05, 3.63) is 24.3 Å². The van der Waals surface area contributed by atoms with Crippen molar-refractivity contribution in [3.63, 3.8) is 0 Å². The first-order valence-electron chi connectivity index (χ1n) is 10.1. The summed E-state index contributed by atoms with van der Waals surface area (Å²) in [6, 6.07) is 7.03. The van der Waals surface area contributed by atoms with E-state index >= 15 is 0 Å². The van der Waals surface area contributed by atoms with Crippen molar-refractivity contribution < 1.29 is 22.7 Å². The maximum atomic E-state index is 12.6. The van der Waals surface area contributed by atoms with Gasteiger partial charge in [-0.15, -0.1) is 0 Å². The molecule has 2 bridgehead atoms. The second kappa shape index (κ2) is 8.07. The average molecular weight is 423 g/mol. The van der Waals surface area contributed by atoms with Crippen LogP contribution in [-0.4, -0.2) is 39.0 Å². The van der Waals surface area contributed by atoms with Crippen molar-refractivity contribution in [1.82, 2.24) is 4.72 Å². The molecular formula is C21H30N2O5S. The molecule has 0 radical (unpaired) electrons. The summed E-state index contributed by atoms with van der Waals surface area (Å²) in [6.07, 6.45) is 2.60. The SMILES string of the molecule is CC(=O)Nc1cccc(OCCCNS(=O)(=O)CC23CC[C@@H](CC2=O)C3(C)C)c1. The number of hydrogen-bond acceptors (Lipinski definition) is 5. The highest BCUT2D eigenvalue weighted by molar-refractivity contribution is 7.89. The molecular weight excluding hydrogens is 392 g/mol. The third kappa shape index (κ3) is 4.48. The van der Waals surface area contributed by atoms with Gasteiger partial charge in [-0.3, -0.25) is 9.59 Å². The van der Waals surface area contributed by atoms with Gasteiger partial charge in [-0.2, -0.15) is 0 Å². The van der Waals surface area contributed by atoms with Gasteiger partial charge < -0.3 is 10.1 Å². The highest BCUT2D eigenvalue weighted by atomic mass is 32.2. The van der Waals surface area contributed by atoms with E-state index in [4.69, 9.17) is 4.74 Å². The molecule has 3 rings (SSSR count). The maximum Gasteiger partial charge on any atom is 0.221 e. The number of amides is 1.